The molecular weight excluding hydrogens is 384 g/mol. The highest BCUT2D eigenvalue weighted by molar-refractivity contribution is 6.22. The second-order valence-corrected chi connectivity index (χ2v) is 7.24. The van der Waals surface area contributed by atoms with Crippen LogP contribution in [0.3, 0.4) is 0 Å². The van der Waals surface area contributed by atoms with Crippen LogP contribution in [0.2, 0.25) is 0 Å². The molecule has 0 bridgehead atoms. The summed E-state index contributed by atoms with van der Waals surface area (Å²) in [4.78, 5) is 39.7. The molecule has 0 saturated carbocycles. The quantitative estimate of drug-likeness (QED) is 0.608. The lowest BCUT2D eigenvalue weighted by Gasteiger charge is -2.16. The van der Waals surface area contributed by atoms with Crippen LogP contribution in [0.4, 0.5) is 11.4 Å². The van der Waals surface area contributed by atoms with Crippen LogP contribution in [-0.2, 0) is 9.59 Å². The first-order valence-corrected chi connectivity index (χ1v) is 9.69. The molecule has 1 N–H and O–H groups in total. The number of nitrogens with zero attached hydrogens (tertiary/aromatic N) is 1. The number of hydrogen-bond donors (Lipinski definition) is 1. The van der Waals surface area contributed by atoms with Gasteiger partial charge in [-0.05, 0) is 43.2 Å². The van der Waals surface area contributed by atoms with E-state index in [1.807, 2.05) is 12.2 Å². The molecule has 30 heavy (non-hydrogen) atoms. The van der Waals surface area contributed by atoms with Gasteiger partial charge in [0.05, 0.1) is 37.4 Å². The summed E-state index contributed by atoms with van der Waals surface area (Å²) in [5.41, 5.74) is 1.19. The Bertz CT molecular complexity index is 1020. The van der Waals surface area contributed by atoms with Gasteiger partial charge >= 0.3 is 0 Å². The summed E-state index contributed by atoms with van der Waals surface area (Å²) in [6, 6.07) is 11.6. The van der Waals surface area contributed by atoms with Gasteiger partial charge in [0.15, 0.2) is 0 Å². The summed E-state index contributed by atoms with van der Waals surface area (Å²) < 4.78 is 10.5. The standard InChI is InChI=1S/C23H22N2O5/c1-29-16-10-11-20(30-2)19(13-16)24-21(26)14-6-5-7-15(12-14)25-22(27)17-8-3-4-9-18(17)23(25)28/h3-7,10-13,17-18H,8-9H2,1-2H3,(H,24,26)/t17-,18-/m1/s1. The zero-order valence-electron chi connectivity index (χ0n) is 16.8. The van der Waals surface area contributed by atoms with E-state index in [0.29, 0.717) is 41.3 Å². The van der Waals surface area contributed by atoms with Gasteiger partial charge in [-0.25, -0.2) is 0 Å². The molecular formula is C23H22N2O5. The minimum atomic E-state index is -0.387. The molecule has 0 aromatic heterocycles. The van der Waals surface area contributed by atoms with E-state index in [4.69, 9.17) is 9.47 Å². The number of hydrogen-bond acceptors (Lipinski definition) is 5. The average Bonchev–Trinajstić information content (AvgIpc) is 3.04. The molecule has 0 unspecified atom stereocenters. The highest BCUT2D eigenvalue weighted by Gasteiger charge is 2.47. The van der Waals surface area contributed by atoms with Gasteiger partial charge in [0, 0.05) is 11.6 Å². The van der Waals surface area contributed by atoms with Crippen LogP contribution < -0.4 is 19.7 Å². The average molecular weight is 406 g/mol. The molecule has 2 aliphatic rings. The van der Waals surface area contributed by atoms with Crippen molar-refractivity contribution in [2.75, 3.05) is 24.4 Å². The number of fused-ring (bicyclic) bond motifs is 1. The van der Waals surface area contributed by atoms with E-state index < -0.39 is 0 Å². The largest absolute Gasteiger partial charge is 0.497 e. The Labute approximate surface area is 174 Å². The van der Waals surface area contributed by atoms with Crippen molar-refractivity contribution >= 4 is 29.1 Å². The maximum absolute atomic E-state index is 12.9. The van der Waals surface area contributed by atoms with E-state index in [2.05, 4.69) is 5.32 Å². The number of allylic oxidation sites excluding steroid dienone is 2. The molecule has 2 atom stereocenters. The number of benzene rings is 2. The van der Waals surface area contributed by atoms with Gasteiger partial charge in [0.2, 0.25) is 11.8 Å². The Hall–Kier alpha value is -3.61. The van der Waals surface area contributed by atoms with Crippen molar-refractivity contribution in [2.45, 2.75) is 12.8 Å². The SMILES string of the molecule is COc1ccc(OC)c(NC(=O)c2cccc(N3C(=O)[C@@H]4CC=CC[C@H]4C3=O)c2)c1. The van der Waals surface area contributed by atoms with Crippen LogP contribution in [0.1, 0.15) is 23.2 Å². The van der Waals surface area contributed by atoms with Gasteiger partial charge < -0.3 is 14.8 Å². The van der Waals surface area contributed by atoms with E-state index in [0.717, 1.165) is 0 Å². The van der Waals surface area contributed by atoms with Gasteiger partial charge in [-0.3, -0.25) is 19.3 Å². The van der Waals surface area contributed by atoms with E-state index in [-0.39, 0.29) is 29.6 Å². The maximum Gasteiger partial charge on any atom is 0.255 e. The molecule has 0 spiro atoms. The summed E-state index contributed by atoms with van der Waals surface area (Å²) in [6.07, 6.45) is 5.03. The Balaban J connectivity index is 1.59. The lowest BCUT2D eigenvalue weighted by Crippen LogP contribution is -2.31. The molecule has 7 nitrogen and oxygen atoms in total. The summed E-state index contributed by atoms with van der Waals surface area (Å²) in [6.45, 7) is 0. The molecule has 0 radical (unpaired) electrons. The van der Waals surface area contributed by atoms with Crippen LogP contribution in [0, 0.1) is 11.8 Å². The topological polar surface area (TPSA) is 84.9 Å². The molecule has 2 aromatic carbocycles. The Morgan fingerprint density at radius 1 is 0.967 bits per heavy atom. The third-order valence-corrected chi connectivity index (χ3v) is 5.53. The van der Waals surface area contributed by atoms with Crippen LogP contribution >= 0.6 is 0 Å². The zero-order chi connectivity index (χ0) is 21.3. The van der Waals surface area contributed by atoms with E-state index in [1.165, 1.54) is 19.1 Å². The molecule has 1 aliphatic heterocycles. The van der Waals surface area contributed by atoms with Gasteiger partial charge in [-0.2, -0.15) is 0 Å². The number of ether oxygens (including phenoxy) is 2. The van der Waals surface area contributed by atoms with E-state index in [9.17, 15) is 14.4 Å². The number of anilines is 2. The Morgan fingerprint density at radius 3 is 2.30 bits per heavy atom. The summed E-state index contributed by atoms with van der Waals surface area (Å²) in [5.74, 6) is -0.377. The normalized spacial score (nSPS) is 20.1. The minimum Gasteiger partial charge on any atom is -0.497 e. The number of carbonyl (C=O) groups excluding carboxylic acids is 3. The van der Waals surface area contributed by atoms with Gasteiger partial charge in [0.25, 0.3) is 5.91 Å². The number of nitrogens with one attached hydrogen (secondary N) is 1. The van der Waals surface area contributed by atoms with Crippen LogP contribution in [0.15, 0.2) is 54.6 Å². The van der Waals surface area contributed by atoms with Crippen molar-refractivity contribution < 1.29 is 23.9 Å². The van der Waals surface area contributed by atoms with Crippen molar-refractivity contribution in [1.29, 1.82) is 0 Å². The highest BCUT2D eigenvalue weighted by Crippen LogP contribution is 2.38. The van der Waals surface area contributed by atoms with Crippen molar-refractivity contribution in [3.05, 3.63) is 60.2 Å². The second-order valence-electron chi connectivity index (χ2n) is 7.24. The number of methoxy groups -OCH3 is 2. The number of imide groups is 1. The fourth-order valence-electron chi connectivity index (χ4n) is 3.95. The van der Waals surface area contributed by atoms with Crippen molar-refractivity contribution in [3.8, 4) is 11.5 Å². The fraction of sp³-hybridized carbons (Fsp3) is 0.261. The van der Waals surface area contributed by atoms with Crippen LogP contribution in [0.25, 0.3) is 0 Å². The molecule has 1 saturated heterocycles. The van der Waals surface area contributed by atoms with Gasteiger partial charge in [0.1, 0.15) is 11.5 Å². The van der Waals surface area contributed by atoms with E-state index in [1.54, 1.807) is 42.5 Å². The van der Waals surface area contributed by atoms with E-state index >= 15 is 0 Å². The van der Waals surface area contributed by atoms with Gasteiger partial charge in [-0.15, -0.1) is 0 Å². The first kappa shape index (κ1) is 19.7. The fourth-order valence-corrected chi connectivity index (χ4v) is 3.95. The predicted molar refractivity (Wildman–Crippen MR) is 112 cm³/mol. The summed E-state index contributed by atoms with van der Waals surface area (Å²) >= 11 is 0. The molecule has 2 aromatic rings. The third kappa shape index (κ3) is 3.43. The Morgan fingerprint density at radius 2 is 1.67 bits per heavy atom. The molecule has 4 rings (SSSR count). The van der Waals surface area contributed by atoms with Gasteiger partial charge in [-0.1, -0.05) is 18.2 Å². The molecule has 7 heteroatoms. The van der Waals surface area contributed by atoms with Crippen molar-refractivity contribution in [3.63, 3.8) is 0 Å². The lowest BCUT2D eigenvalue weighted by molar-refractivity contribution is -0.122. The second kappa shape index (κ2) is 8.02. The Kier molecular flexibility index (Phi) is 5.27. The molecule has 1 fully saturated rings. The van der Waals surface area contributed by atoms with Crippen LogP contribution in [-0.4, -0.2) is 31.9 Å². The minimum absolute atomic E-state index is 0.207. The van der Waals surface area contributed by atoms with Crippen LogP contribution in [0.5, 0.6) is 11.5 Å². The summed E-state index contributed by atoms with van der Waals surface area (Å²) in [5, 5.41) is 2.80. The molecule has 1 aliphatic carbocycles. The number of rotatable bonds is 5. The number of amides is 3. The first-order valence-electron chi connectivity index (χ1n) is 9.69. The zero-order valence-corrected chi connectivity index (χ0v) is 16.8. The highest BCUT2D eigenvalue weighted by atomic mass is 16.5. The van der Waals surface area contributed by atoms with Crippen molar-refractivity contribution in [2.24, 2.45) is 11.8 Å². The first-order chi connectivity index (χ1) is 14.5. The molecule has 3 amide bonds. The molecule has 154 valence electrons. The van der Waals surface area contributed by atoms with Crippen molar-refractivity contribution in [1.82, 2.24) is 0 Å². The predicted octanol–water partition coefficient (Wildman–Crippen LogP) is 3.41. The smallest absolute Gasteiger partial charge is 0.255 e. The monoisotopic (exact) mass is 406 g/mol. The number of carbonyl (C=O) groups is 3. The summed E-state index contributed by atoms with van der Waals surface area (Å²) in [7, 11) is 3.05. The maximum atomic E-state index is 12.9. The molecule has 1 heterocycles. The third-order valence-electron chi connectivity index (χ3n) is 5.53. The lowest BCUT2D eigenvalue weighted by atomic mass is 9.85.